The van der Waals surface area contributed by atoms with Gasteiger partial charge in [-0.1, -0.05) is 115 Å². The van der Waals surface area contributed by atoms with Crippen LogP contribution in [-0.2, 0) is 0 Å². The van der Waals surface area contributed by atoms with E-state index in [1.165, 1.54) is 49.1 Å². The van der Waals surface area contributed by atoms with Gasteiger partial charge in [-0.2, -0.15) is 0 Å². The number of benzene rings is 9. The zero-order valence-electron chi connectivity index (χ0n) is 34.0. The summed E-state index contributed by atoms with van der Waals surface area (Å²) < 4.78 is 11.9. The molecule has 6 nitrogen and oxygen atoms in total. The molecule has 5 heterocycles. The number of para-hydroxylation sites is 7. The van der Waals surface area contributed by atoms with Crippen LogP contribution in [0.5, 0.6) is 0 Å². The van der Waals surface area contributed by atoms with Crippen LogP contribution in [0.3, 0.4) is 0 Å². The van der Waals surface area contributed by atoms with Crippen LogP contribution in [0.15, 0.2) is 218 Å². The van der Waals surface area contributed by atoms with Crippen molar-refractivity contribution >= 4 is 82.5 Å². The van der Waals surface area contributed by atoms with Crippen LogP contribution in [0.1, 0.15) is 0 Å². The number of fused-ring (bicyclic) bond motifs is 13. The molecule has 9 aromatic carbocycles. The minimum atomic E-state index is 0.881. The van der Waals surface area contributed by atoms with Gasteiger partial charge >= 0.3 is 0 Å². The summed E-state index contributed by atoms with van der Waals surface area (Å²) >= 11 is 0. The van der Waals surface area contributed by atoms with Gasteiger partial charge < -0.3 is 9.13 Å². The second kappa shape index (κ2) is 12.9. The van der Waals surface area contributed by atoms with Gasteiger partial charge in [0.05, 0.1) is 44.3 Å². The summed E-state index contributed by atoms with van der Waals surface area (Å²) in [6.45, 7) is 0. The minimum Gasteiger partial charge on any atom is -0.309 e. The molecule has 294 valence electrons. The monoisotopic (exact) mass is 804 g/mol. The molecule has 0 fully saturated rings. The first-order chi connectivity index (χ1) is 31.3. The first kappa shape index (κ1) is 34.1. The Balaban J connectivity index is 1.05. The van der Waals surface area contributed by atoms with Gasteiger partial charge in [-0.05, 0) is 114 Å². The van der Waals surface area contributed by atoms with Gasteiger partial charge in [0.15, 0.2) is 5.65 Å². The number of imidazole rings is 2. The van der Waals surface area contributed by atoms with E-state index >= 15 is 0 Å². The molecule has 0 saturated heterocycles. The van der Waals surface area contributed by atoms with Gasteiger partial charge in [-0.3, -0.25) is 13.5 Å². The largest absolute Gasteiger partial charge is 0.309 e. The summed E-state index contributed by atoms with van der Waals surface area (Å²) in [5, 5.41) is 6.03. The normalized spacial score (nSPS) is 12.1. The van der Waals surface area contributed by atoms with Crippen LogP contribution >= 0.6 is 0 Å². The third-order valence-corrected chi connectivity index (χ3v) is 13.1. The second-order valence-corrected chi connectivity index (χ2v) is 16.5. The molecule has 0 amide bonds. The van der Waals surface area contributed by atoms with Crippen molar-refractivity contribution in [3.8, 4) is 33.9 Å². The topological polar surface area (TPSA) is 37.0 Å². The average molecular weight is 805 g/mol. The van der Waals surface area contributed by atoms with Gasteiger partial charge in [0.25, 0.3) is 0 Å². The van der Waals surface area contributed by atoms with Crippen LogP contribution in [0, 0.1) is 0 Å². The summed E-state index contributed by atoms with van der Waals surface area (Å²) in [6, 6.07) is 78.9. The summed E-state index contributed by atoms with van der Waals surface area (Å²) in [5.74, 6) is 0.881. The molecule has 0 aliphatic heterocycles. The summed E-state index contributed by atoms with van der Waals surface area (Å²) in [7, 11) is 0. The number of rotatable bonds is 5. The fourth-order valence-corrected chi connectivity index (χ4v) is 10.4. The Kier molecular flexibility index (Phi) is 7.02. The Hall–Kier alpha value is -8.61. The van der Waals surface area contributed by atoms with Crippen LogP contribution in [0.25, 0.3) is 116 Å². The lowest BCUT2D eigenvalue weighted by Crippen LogP contribution is -1.97. The Morgan fingerprint density at radius 3 is 1.35 bits per heavy atom. The molecule has 5 aromatic heterocycles. The number of hydrogen-bond acceptors (Lipinski definition) is 1. The SMILES string of the molecule is c1ccc(-n2c3ccccc3c3cc(-c4ccc5c(c4)c4cc(-n6c7c8ccccc8n(-c8ccccc8)c7n7c8ccccc8nc67)ccc4n5-c4ccccc4)ccc32)cc1. The van der Waals surface area contributed by atoms with Gasteiger partial charge in [0.2, 0.25) is 5.78 Å². The zero-order chi connectivity index (χ0) is 41.2. The first-order valence-corrected chi connectivity index (χ1v) is 21.5. The zero-order valence-corrected chi connectivity index (χ0v) is 34.0. The van der Waals surface area contributed by atoms with E-state index in [2.05, 4.69) is 241 Å². The third kappa shape index (κ3) is 4.80. The first-order valence-electron chi connectivity index (χ1n) is 21.5. The summed E-state index contributed by atoms with van der Waals surface area (Å²) in [4.78, 5) is 5.36. The van der Waals surface area contributed by atoms with Gasteiger partial charge in [-0.15, -0.1) is 0 Å². The Morgan fingerprint density at radius 1 is 0.286 bits per heavy atom. The van der Waals surface area contributed by atoms with Crippen LogP contribution in [0.4, 0.5) is 0 Å². The fourth-order valence-electron chi connectivity index (χ4n) is 10.4. The molecule has 14 aromatic rings. The molecule has 0 spiro atoms. The summed E-state index contributed by atoms with van der Waals surface area (Å²) in [5.41, 5.74) is 16.9. The van der Waals surface area contributed by atoms with E-state index in [1.807, 2.05) is 0 Å². The molecule has 0 saturated carbocycles. The maximum absolute atomic E-state index is 5.36. The van der Waals surface area contributed by atoms with Crippen LogP contribution in [-0.4, -0.2) is 27.7 Å². The molecule has 6 heteroatoms. The predicted octanol–water partition coefficient (Wildman–Crippen LogP) is 14.2. The standard InChI is InChI=1S/C57H36N6/c1-4-16-39(17-5-1)59-49-25-13-10-22-43(49)45-34-37(28-31-51(45)59)38-29-32-52-46(35-38)47-36-42(30-33-53(47)60(52)40-18-6-2-7-19-40)62-55-44-23-11-14-26-50(44)61(41-20-8-3-9-21-41)56(55)63-54-27-15-12-24-48(54)58-57(62)63/h1-36H. The molecule has 0 radical (unpaired) electrons. The van der Waals surface area contributed by atoms with E-state index in [0.29, 0.717) is 0 Å². The number of hydrogen-bond donors (Lipinski definition) is 0. The van der Waals surface area contributed by atoms with Gasteiger partial charge in [0.1, 0.15) is 5.52 Å². The van der Waals surface area contributed by atoms with Crippen molar-refractivity contribution in [2.24, 2.45) is 0 Å². The highest BCUT2D eigenvalue weighted by Crippen LogP contribution is 2.42. The highest BCUT2D eigenvalue weighted by molar-refractivity contribution is 6.14. The lowest BCUT2D eigenvalue weighted by Gasteiger charge is -2.09. The van der Waals surface area contributed by atoms with Crippen molar-refractivity contribution in [1.82, 2.24) is 27.7 Å². The molecule has 0 bridgehead atoms. The molecular formula is C57H36N6. The lowest BCUT2D eigenvalue weighted by molar-refractivity contribution is 1.09. The average Bonchev–Trinajstić information content (AvgIpc) is 4.14. The molecule has 14 rings (SSSR count). The van der Waals surface area contributed by atoms with Crippen molar-refractivity contribution in [2.75, 3.05) is 0 Å². The smallest absolute Gasteiger partial charge is 0.221 e. The fraction of sp³-hybridized carbons (Fsp3) is 0. The van der Waals surface area contributed by atoms with E-state index in [0.717, 1.165) is 67.3 Å². The quantitative estimate of drug-likeness (QED) is 0.171. The van der Waals surface area contributed by atoms with E-state index in [9.17, 15) is 0 Å². The number of aromatic nitrogens is 6. The van der Waals surface area contributed by atoms with E-state index < -0.39 is 0 Å². The molecule has 63 heavy (non-hydrogen) atoms. The summed E-state index contributed by atoms with van der Waals surface area (Å²) in [6.07, 6.45) is 0. The Bertz CT molecular complexity index is 4120. The maximum atomic E-state index is 5.36. The maximum Gasteiger partial charge on any atom is 0.221 e. The van der Waals surface area contributed by atoms with E-state index in [1.54, 1.807) is 0 Å². The highest BCUT2D eigenvalue weighted by Gasteiger charge is 2.26. The van der Waals surface area contributed by atoms with Crippen molar-refractivity contribution < 1.29 is 0 Å². The third-order valence-electron chi connectivity index (χ3n) is 13.1. The molecule has 0 atom stereocenters. The van der Waals surface area contributed by atoms with Crippen LogP contribution < -0.4 is 0 Å². The molecule has 0 unspecified atom stereocenters. The van der Waals surface area contributed by atoms with Crippen LogP contribution in [0.2, 0.25) is 0 Å². The van der Waals surface area contributed by atoms with Crippen molar-refractivity contribution in [3.63, 3.8) is 0 Å². The van der Waals surface area contributed by atoms with Gasteiger partial charge in [-0.25, -0.2) is 4.98 Å². The molecule has 0 aliphatic carbocycles. The Morgan fingerprint density at radius 2 is 0.730 bits per heavy atom. The predicted molar refractivity (Wildman–Crippen MR) is 260 cm³/mol. The minimum absolute atomic E-state index is 0.881. The molecule has 0 N–H and O–H groups in total. The highest BCUT2D eigenvalue weighted by atomic mass is 15.3. The van der Waals surface area contributed by atoms with E-state index in [4.69, 9.17) is 4.98 Å². The van der Waals surface area contributed by atoms with Crippen molar-refractivity contribution in [3.05, 3.63) is 218 Å². The molecular weight excluding hydrogens is 769 g/mol. The van der Waals surface area contributed by atoms with Gasteiger partial charge in [0, 0.05) is 44.0 Å². The lowest BCUT2D eigenvalue weighted by atomic mass is 10.0. The molecule has 0 aliphatic rings. The Labute approximate surface area is 361 Å². The van der Waals surface area contributed by atoms with Crippen molar-refractivity contribution in [1.29, 1.82) is 0 Å². The van der Waals surface area contributed by atoms with Crippen molar-refractivity contribution in [2.45, 2.75) is 0 Å². The number of nitrogens with zero attached hydrogens (tertiary/aromatic N) is 6. The second-order valence-electron chi connectivity index (χ2n) is 16.5. The van der Waals surface area contributed by atoms with E-state index in [-0.39, 0.29) is 0 Å².